The zero-order valence-electron chi connectivity index (χ0n) is 12.3. The van der Waals surface area contributed by atoms with E-state index in [4.69, 9.17) is 20.3 Å². The number of rotatable bonds is 4. The number of H-pyrrole nitrogens is 1. The lowest BCUT2D eigenvalue weighted by atomic mass is 10.0. The van der Waals surface area contributed by atoms with Gasteiger partial charge in [-0.1, -0.05) is 0 Å². The second-order valence-electron chi connectivity index (χ2n) is 5.62. The number of hydrogen-bond acceptors (Lipinski definition) is 6. The molecule has 0 unspecified atom stereocenters. The van der Waals surface area contributed by atoms with E-state index in [0.29, 0.717) is 0 Å². The zero-order valence-corrected chi connectivity index (χ0v) is 13.2. The molecule has 25 heavy (non-hydrogen) atoms. The van der Waals surface area contributed by atoms with Crippen molar-refractivity contribution in [3.8, 4) is 0 Å². The summed E-state index contributed by atoms with van der Waals surface area (Å²) in [6.07, 6.45) is -3.81. The number of anilines is 1. The maximum Gasteiger partial charge on any atom is 0.394 e. The first-order valence-electron chi connectivity index (χ1n) is 6.93. The van der Waals surface area contributed by atoms with Crippen LogP contribution in [0, 0.1) is 5.92 Å². The van der Waals surface area contributed by atoms with E-state index in [2.05, 4.69) is 15.0 Å². The SMILES string of the molecule is Nc1nc2c(ncn2[C@@H]2OC[C@H](CC(F)(F)P(=O)(O)O)[C@@H]2F)c(=O)[nH]1. The first kappa shape index (κ1) is 17.9. The molecule has 1 aliphatic rings. The van der Waals surface area contributed by atoms with Gasteiger partial charge in [-0.25, -0.2) is 9.37 Å². The lowest BCUT2D eigenvalue weighted by Gasteiger charge is -2.22. The van der Waals surface area contributed by atoms with Crippen LogP contribution in [0.2, 0.25) is 0 Å². The van der Waals surface area contributed by atoms with E-state index in [9.17, 15) is 22.5 Å². The number of alkyl halides is 3. The van der Waals surface area contributed by atoms with E-state index in [1.54, 1.807) is 0 Å². The molecule has 0 saturated carbocycles. The van der Waals surface area contributed by atoms with Crippen molar-refractivity contribution in [3.63, 3.8) is 0 Å². The molecule has 3 heterocycles. The minimum Gasteiger partial charge on any atom is -0.369 e. The number of aromatic amines is 1. The van der Waals surface area contributed by atoms with Gasteiger partial charge in [0.25, 0.3) is 5.56 Å². The Labute approximate surface area is 137 Å². The molecular formula is C11H13F3N5O5P. The topological polar surface area (TPSA) is 156 Å². The Morgan fingerprint density at radius 2 is 2.20 bits per heavy atom. The van der Waals surface area contributed by atoms with Crippen molar-refractivity contribution in [2.45, 2.75) is 24.5 Å². The Balaban J connectivity index is 1.89. The molecule has 1 aliphatic heterocycles. The molecule has 3 rings (SSSR count). The maximum atomic E-state index is 14.6. The minimum absolute atomic E-state index is 0.101. The Kier molecular flexibility index (Phi) is 4.14. The number of hydrogen-bond donors (Lipinski definition) is 4. The molecule has 0 radical (unpaired) electrons. The highest BCUT2D eigenvalue weighted by molar-refractivity contribution is 7.53. The summed E-state index contributed by atoms with van der Waals surface area (Å²) in [5.41, 5.74) is 0.126. The summed E-state index contributed by atoms with van der Waals surface area (Å²) in [5, 5.41) is 0. The highest BCUT2D eigenvalue weighted by Crippen LogP contribution is 2.57. The molecule has 0 spiro atoms. The molecule has 0 aromatic carbocycles. The normalized spacial score (nSPS) is 24.9. The fourth-order valence-electron chi connectivity index (χ4n) is 2.61. The molecule has 2 aromatic heterocycles. The summed E-state index contributed by atoms with van der Waals surface area (Å²) in [5.74, 6) is -1.72. The Bertz CT molecular complexity index is 911. The van der Waals surface area contributed by atoms with Crippen molar-refractivity contribution in [1.29, 1.82) is 0 Å². The van der Waals surface area contributed by atoms with E-state index in [1.165, 1.54) is 0 Å². The van der Waals surface area contributed by atoms with Crippen LogP contribution in [0.3, 0.4) is 0 Å². The Morgan fingerprint density at radius 3 is 2.84 bits per heavy atom. The van der Waals surface area contributed by atoms with E-state index < -0.39 is 50.2 Å². The van der Waals surface area contributed by atoms with Crippen molar-refractivity contribution < 1.29 is 32.3 Å². The highest BCUT2D eigenvalue weighted by Gasteiger charge is 2.53. The van der Waals surface area contributed by atoms with Gasteiger partial charge in [0.1, 0.15) is 0 Å². The van der Waals surface area contributed by atoms with Crippen molar-refractivity contribution >= 4 is 24.7 Å². The van der Waals surface area contributed by atoms with Crippen LogP contribution in [0.1, 0.15) is 12.6 Å². The highest BCUT2D eigenvalue weighted by atomic mass is 31.2. The van der Waals surface area contributed by atoms with Gasteiger partial charge in [-0.05, 0) is 0 Å². The maximum absolute atomic E-state index is 14.6. The predicted octanol–water partition coefficient (Wildman–Crippen LogP) is 0.345. The van der Waals surface area contributed by atoms with Gasteiger partial charge in [0.2, 0.25) is 5.95 Å². The molecule has 0 aliphatic carbocycles. The van der Waals surface area contributed by atoms with Gasteiger partial charge < -0.3 is 20.3 Å². The van der Waals surface area contributed by atoms with E-state index in [0.717, 1.165) is 10.9 Å². The van der Waals surface area contributed by atoms with Crippen molar-refractivity contribution in [2.24, 2.45) is 5.92 Å². The molecule has 0 bridgehead atoms. The van der Waals surface area contributed by atoms with Crippen LogP contribution in [0.5, 0.6) is 0 Å². The van der Waals surface area contributed by atoms with Gasteiger partial charge >= 0.3 is 13.3 Å². The van der Waals surface area contributed by atoms with Gasteiger partial charge in [-0.2, -0.15) is 13.8 Å². The molecule has 2 aromatic rings. The third-order valence-electron chi connectivity index (χ3n) is 3.86. The van der Waals surface area contributed by atoms with Crippen molar-refractivity contribution in [1.82, 2.24) is 19.5 Å². The first-order chi connectivity index (χ1) is 11.5. The van der Waals surface area contributed by atoms with E-state index >= 15 is 0 Å². The molecule has 3 atom stereocenters. The number of halogens is 3. The number of nitrogens with one attached hydrogen (secondary N) is 1. The summed E-state index contributed by atoms with van der Waals surface area (Å²) in [7, 11) is -5.73. The monoisotopic (exact) mass is 383 g/mol. The molecule has 10 nitrogen and oxygen atoms in total. The number of nitrogens with two attached hydrogens (primary N) is 1. The molecule has 14 heteroatoms. The third kappa shape index (κ3) is 3.03. The number of imidazole rings is 1. The molecule has 1 fully saturated rings. The first-order valence-corrected chi connectivity index (χ1v) is 8.54. The van der Waals surface area contributed by atoms with Crippen molar-refractivity contribution in [2.75, 3.05) is 12.3 Å². The smallest absolute Gasteiger partial charge is 0.369 e. The molecular weight excluding hydrogens is 370 g/mol. The average Bonchev–Trinajstić information content (AvgIpc) is 3.02. The number of ether oxygens (including phenoxy) is 1. The largest absolute Gasteiger partial charge is 0.394 e. The minimum atomic E-state index is -5.73. The average molecular weight is 383 g/mol. The molecule has 138 valence electrons. The Hall–Kier alpha value is -1.95. The van der Waals surface area contributed by atoms with Gasteiger partial charge in [0.05, 0.1) is 12.9 Å². The molecule has 1 saturated heterocycles. The van der Waals surface area contributed by atoms with Gasteiger partial charge in [-0.3, -0.25) is 18.9 Å². The fourth-order valence-corrected chi connectivity index (χ4v) is 3.08. The van der Waals surface area contributed by atoms with Crippen molar-refractivity contribution in [3.05, 3.63) is 16.7 Å². The van der Waals surface area contributed by atoms with Gasteiger partial charge in [0, 0.05) is 12.3 Å². The van der Waals surface area contributed by atoms with Crippen LogP contribution in [-0.2, 0) is 9.30 Å². The number of nitrogens with zero attached hydrogens (tertiary/aromatic N) is 3. The lowest BCUT2D eigenvalue weighted by Crippen LogP contribution is -2.27. The zero-order chi connectivity index (χ0) is 18.6. The van der Waals surface area contributed by atoms with Crippen LogP contribution in [-0.4, -0.2) is 47.7 Å². The number of nitrogen functional groups attached to an aromatic ring is 1. The van der Waals surface area contributed by atoms with Gasteiger partial charge in [0.15, 0.2) is 23.6 Å². The van der Waals surface area contributed by atoms with Crippen LogP contribution in [0.15, 0.2) is 11.1 Å². The third-order valence-corrected chi connectivity index (χ3v) is 4.90. The summed E-state index contributed by atoms with van der Waals surface area (Å²) in [6.45, 7) is -0.500. The lowest BCUT2D eigenvalue weighted by molar-refractivity contribution is 0.0207. The van der Waals surface area contributed by atoms with Crippen LogP contribution in [0.4, 0.5) is 19.1 Å². The molecule has 0 amide bonds. The number of aromatic nitrogens is 4. The summed E-state index contributed by atoms with van der Waals surface area (Å²) < 4.78 is 58.5. The van der Waals surface area contributed by atoms with Crippen LogP contribution in [0.25, 0.3) is 11.2 Å². The van der Waals surface area contributed by atoms with E-state index in [-0.39, 0.29) is 17.1 Å². The predicted molar refractivity (Wildman–Crippen MR) is 77.5 cm³/mol. The number of fused-ring (bicyclic) bond motifs is 1. The molecule has 5 N–H and O–H groups in total. The summed E-state index contributed by atoms with van der Waals surface area (Å²) >= 11 is 0. The van der Waals surface area contributed by atoms with Crippen LogP contribution >= 0.6 is 7.60 Å². The standard InChI is InChI=1S/C11H13F3N5O5P/c12-5-4(1-11(13,14)25(21,22)23)2-24-9(5)19-3-16-6-7(19)17-10(15)18-8(6)20/h3-5,9H,1-2H2,(H2,21,22,23)(H3,15,17,18,20)/t4-,5-,9+/m0/s1. The summed E-state index contributed by atoms with van der Waals surface area (Å²) in [4.78, 5) is 38.8. The summed E-state index contributed by atoms with van der Waals surface area (Å²) in [6, 6.07) is 0. The Morgan fingerprint density at radius 1 is 1.52 bits per heavy atom. The fraction of sp³-hybridized carbons (Fsp3) is 0.545. The van der Waals surface area contributed by atoms with Crippen LogP contribution < -0.4 is 11.3 Å². The van der Waals surface area contributed by atoms with Gasteiger partial charge in [-0.15, -0.1) is 0 Å². The second kappa shape index (κ2) is 5.80. The quantitative estimate of drug-likeness (QED) is 0.551. The second-order valence-corrected chi connectivity index (χ2v) is 7.36. The van der Waals surface area contributed by atoms with E-state index in [1.807, 2.05) is 0 Å².